The molecule has 0 unspecified atom stereocenters. The summed E-state index contributed by atoms with van der Waals surface area (Å²) in [5, 5.41) is 78.0. The smallest absolute Gasteiger partial charge is 0.335 e. The first kappa shape index (κ1) is 79.1. The third-order valence-corrected chi connectivity index (χ3v) is 13.6. The number of hydrogen-bond acceptors (Lipinski definition) is 22. The van der Waals surface area contributed by atoms with E-state index in [0.29, 0.717) is 39.9 Å². The fourth-order valence-corrected chi connectivity index (χ4v) is 8.77. The fraction of sp³-hybridized carbons (Fsp3) is 0.150. The standard InChI is InChI=1S/C12H11NO3S.C9H12N2O4S.C9H14N2O.C8H10N2O2.C8H9NO5S.C7H9NO2.C7H9NO.ClH/c14-12-9-5-4-8-11(12)13-17(15,16)10-6-2-1-3-7-10;1-6(12)10-7-3-4-9(13)8(5-7)11-16(2,14)15;1-3-11(2)7-4-5-9(12)8(10)6-7;1-5(11)10-7-4-6(9)2-3-8(7)12;1-15(13,14)9-6-4-5(8(11)12)2-3-7(6)10;1-10-5-2-3-7(9)6(8)4-5;1-5-2-3-7(9)6(8)4-5;/h1-9,13-14H;3-5,11,13H,1-2H3,(H,10,12);4-6,12H,3,10H2,1-2H3;2-4,12H,9H2,1H3,(H,10,11);2-4,9-10H,1H3,(H,11,12);2-4,9H,8H2,1H3;2-4,9H,8H2,1H3;1H. The number of carboxylic acid groups (broad SMARTS) is 1. The Kier molecular flexibility index (Phi) is 32.0. The van der Waals surface area contributed by atoms with Crippen LogP contribution in [0.15, 0.2) is 169 Å². The molecule has 0 radical (unpaired) electrons. The zero-order valence-electron chi connectivity index (χ0n) is 50.8. The molecular formula is C60H75ClN10O18S3. The fourth-order valence-electron chi connectivity index (χ4n) is 6.55. The van der Waals surface area contributed by atoms with Crippen LogP contribution in [0, 0.1) is 6.92 Å². The molecule has 0 atom stereocenters. The molecule has 498 valence electrons. The lowest BCUT2D eigenvalue weighted by Gasteiger charge is -2.17. The molecule has 21 N–H and O–H groups in total. The molecule has 0 aromatic heterocycles. The van der Waals surface area contributed by atoms with Gasteiger partial charge in [0.15, 0.2) is 0 Å². The van der Waals surface area contributed by atoms with E-state index in [1.165, 1.54) is 80.6 Å². The van der Waals surface area contributed by atoms with Crippen molar-refractivity contribution in [3.63, 3.8) is 0 Å². The second-order valence-electron chi connectivity index (χ2n) is 18.8. The normalized spacial score (nSPS) is 10.2. The number of phenolic OH excluding ortho intramolecular Hbond substituents is 7. The lowest BCUT2D eigenvalue weighted by atomic mass is 10.2. The minimum absolute atomic E-state index is 0. The van der Waals surface area contributed by atoms with Gasteiger partial charge in [-0.2, -0.15) is 0 Å². The molecule has 0 spiro atoms. The van der Waals surface area contributed by atoms with E-state index in [0.717, 1.165) is 42.4 Å². The molecule has 2 amide bonds. The monoisotopic (exact) mass is 1350 g/mol. The number of benzene rings is 8. The van der Waals surface area contributed by atoms with Crippen LogP contribution in [-0.4, -0.2) is 117 Å². The molecule has 8 aromatic carbocycles. The SMILES string of the molecule is CC(=O)Nc1cc(N)ccc1O.CC(=O)Nc1ccc(O)c(NS(C)(=O)=O)c1.CCN(C)c1ccc(O)c(N)c1.COc1ccc(O)c(N)c1.CS(=O)(=O)Nc1cc(C(=O)O)ccc1O.Cc1ccc(O)c(N)c1.Cl.O=S(=O)(Nc1ccccc1O)c1ccccc1. The summed E-state index contributed by atoms with van der Waals surface area (Å²) < 4.78 is 78.9. The van der Waals surface area contributed by atoms with Crippen molar-refractivity contribution in [2.24, 2.45) is 0 Å². The van der Waals surface area contributed by atoms with Crippen LogP contribution in [0.25, 0.3) is 0 Å². The molecule has 8 rings (SSSR count). The molecule has 0 saturated carbocycles. The number of sulfonamides is 3. The lowest BCUT2D eigenvalue weighted by Crippen LogP contribution is -2.15. The van der Waals surface area contributed by atoms with Gasteiger partial charge >= 0.3 is 5.97 Å². The van der Waals surface area contributed by atoms with Gasteiger partial charge < -0.3 is 84.1 Å². The summed E-state index contributed by atoms with van der Waals surface area (Å²) in [6.45, 7) is 7.60. The number of amides is 2. The molecule has 32 heteroatoms. The van der Waals surface area contributed by atoms with E-state index in [1.54, 1.807) is 79.9 Å². The van der Waals surface area contributed by atoms with Gasteiger partial charge in [0.05, 0.1) is 69.9 Å². The van der Waals surface area contributed by atoms with Crippen LogP contribution in [0.5, 0.6) is 46.0 Å². The number of methoxy groups -OCH3 is 1. The van der Waals surface area contributed by atoms with Crippen molar-refractivity contribution in [1.82, 2.24) is 0 Å². The largest absolute Gasteiger partial charge is 0.506 e. The number of aromatic hydroxyl groups is 7. The molecule has 28 nitrogen and oxygen atoms in total. The molecule has 0 aliphatic rings. The minimum Gasteiger partial charge on any atom is -0.506 e. The summed E-state index contributed by atoms with van der Waals surface area (Å²) in [5.41, 5.74) is 26.1. The molecule has 0 bridgehead atoms. The number of nitrogens with one attached hydrogen (secondary N) is 5. The van der Waals surface area contributed by atoms with E-state index in [1.807, 2.05) is 30.8 Å². The lowest BCUT2D eigenvalue weighted by molar-refractivity contribution is -0.115. The highest BCUT2D eigenvalue weighted by Gasteiger charge is 2.16. The maximum absolute atomic E-state index is 11.9. The number of ether oxygens (including phenoxy) is 1. The van der Waals surface area contributed by atoms with Gasteiger partial charge in [0.2, 0.25) is 31.9 Å². The van der Waals surface area contributed by atoms with Crippen LogP contribution in [0.2, 0.25) is 0 Å². The second-order valence-corrected chi connectivity index (χ2v) is 24.0. The first-order chi connectivity index (χ1) is 42.3. The Labute approximate surface area is 539 Å². The number of carboxylic acids is 1. The summed E-state index contributed by atoms with van der Waals surface area (Å²) >= 11 is 0. The van der Waals surface area contributed by atoms with Gasteiger partial charge in [-0.25, -0.2) is 30.0 Å². The van der Waals surface area contributed by atoms with E-state index in [9.17, 15) is 60.1 Å². The van der Waals surface area contributed by atoms with E-state index < -0.39 is 36.0 Å². The van der Waals surface area contributed by atoms with E-state index in [4.69, 9.17) is 48.1 Å². The summed E-state index contributed by atoms with van der Waals surface area (Å²) in [6.07, 6.45) is 1.87. The second kappa shape index (κ2) is 37.2. The topological polar surface area (TPSA) is 492 Å². The number of rotatable bonds is 13. The van der Waals surface area contributed by atoms with Gasteiger partial charge in [0.25, 0.3) is 10.0 Å². The Morgan fingerprint density at radius 2 is 0.957 bits per heavy atom. The highest BCUT2D eigenvalue weighted by Crippen LogP contribution is 2.30. The molecule has 92 heavy (non-hydrogen) atoms. The minimum atomic E-state index is -3.65. The maximum atomic E-state index is 11.9. The number of anilines is 10. The van der Waals surface area contributed by atoms with Crippen molar-refractivity contribution >= 4 is 117 Å². The van der Waals surface area contributed by atoms with Crippen LogP contribution >= 0.6 is 12.4 Å². The van der Waals surface area contributed by atoms with Crippen molar-refractivity contribution in [3.8, 4) is 46.0 Å². The molecule has 0 heterocycles. The Morgan fingerprint density at radius 1 is 0.500 bits per heavy atom. The molecule has 0 saturated heterocycles. The summed E-state index contributed by atoms with van der Waals surface area (Å²) in [7, 11) is -7.13. The van der Waals surface area contributed by atoms with Crippen LogP contribution < -0.4 is 57.4 Å². The number of para-hydroxylation sites is 2. The Morgan fingerprint density at radius 3 is 1.43 bits per heavy atom. The quantitative estimate of drug-likeness (QED) is 0.0292. The van der Waals surface area contributed by atoms with Crippen molar-refractivity contribution in [3.05, 3.63) is 175 Å². The Bertz CT molecular complexity index is 4100. The number of nitrogens with zero attached hydrogens (tertiary/aromatic N) is 1. The average Bonchev–Trinajstić information content (AvgIpc) is 0.932. The van der Waals surface area contributed by atoms with Crippen molar-refractivity contribution < 1.29 is 85.2 Å². The summed E-state index contributed by atoms with van der Waals surface area (Å²) in [5.74, 6) is -1.32. The zero-order valence-corrected chi connectivity index (χ0v) is 54.1. The number of aromatic carboxylic acids is 1. The third kappa shape index (κ3) is 29.9. The van der Waals surface area contributed by atoms with Crippen LogP contribution in [0.3, 0.4) is 0 Å². The first-order valence-corrected chi connectivity index (χ1v) is 31.4. The predicted octanol–water partition coefficient (Wildman–Crippen LogP) is 8.43. The van der Waals surface area contributed by atoms with Crippen LogP contribution in [-0.2, 0) is 39.7 Å². The van der Waals surface area contributed by atoms with Gasteiger partial charge in [-0.05, 0) is 141 Å². The number of halogens is 1. The number of phenols is 7. The Hall–Kier alpha value is -10.9. The Balaban J connectivity index is 0.000000541. The van der Waals surface area contributed by atoms with Crippen LogP contribution in [0.4, 0.5) is 56.9 Å². The van der Waals surface area contributed by atoms with Crippen molar-refractivity contribution in [1.29, 1.82) is 0 Å². The molecule has 0 aliphatic carbocycles. The highest BCUT2D eigenvalue weighted by molar-refractivity contribution is 7.93. The number of hydrogen-bond donors (Lipinski definition) is 17. The number of nitrogens with two attached hydrogens (primary N) is 4. The van der Waals surface area contributed by atoms with Gasteiger partial charge in [0.1, 0.15) is 46.0 Å². The number of carbonyl (C=O) groups excluding carboxylic acids is 2. The van der Waals surface area contributed by atoms with Crippen LogP contribution in [0.1, 0.15) is 36.7 Å². The number of nitrogen functional groups attached to an aromatic ring is 4. The number of aryl methyl sites for hydroxylation is 1. The van der Waals surface area contributed by atoms with E-state index >= 15 is 0 Å². The summed E-state index contributed by atoms with van der Waals surface area (Å²) in [6, 6.07) is 41.1. The average molecular weight is 1360 g/mol. The molecule has 8 aromatic rings. The molecule has 0 aliphatic heterocycles. The summed E-state index contributed by atoms with van der Waals surface area (Å²) in [4.78, 5) is 34.2. The van der Waals surface area contributed by atoms with E-state index in [2.05, 4.69) is 31.9 Å². The van der Waals surface area contributed by atoms with E-state index in [-0.39, 0.29) is 92.0 Å². The first-order valence-electron chi connectivity index (χ1n) is 26.2. The highest BCUT2D eigenvalue weighted by atomic mass is 35.5. The van der Waals surface area contributed by atoms with Gasteiger partial charge in [-0.15, -0.1) is 12.4 Å². The van der Waals surface area contributed by atoms with Gasteiger partial charge in [-0.3, -0.25) is 23.8 Å². The van der Waals surface area contributed by atoms with Crippen molar-refractivity contribution in [2.45, 2.75) is 32.6 Å². The zero-order chi connectivity index (χ0) is 69.0. The number of carbonyl (C=O) groups is 3. The predicted molar refractivity (Wildman–Crippen MR) is 362 cm³/mol. The van der Waals surface area contributed by atoms with Gasteiger partial charge in [0, 0.05) is 50.6 Å². The molecular weight excluding hydrogens is 1280 g/mol. The van der Waals surface area contributed by atoms with Crippen molar-refractivity contribution in [2.75, 3.05) is 85.8 Å². The third-order valence-electron chi connectivity index (χ3n) is 11.0. The maximum Gasteiger partial charge on any atom is 0.335 e. The molecule has 0 fully saturated rings. The van der Waals surface area contributed by atoms with Gasteiger partial charge in [-0.1, -0.05) is 36.4 Å².